The molecule has 1 saturated heterocycles. The Kier molecular flexibility index (Phi) is 6.57. The van der Waals surface area contributed by atoms with Crippen molar-refractivity contribution in [1.82, 2.24) is 10.2 Å². The number of amides is 1. The number of halogens is 1. The number of carbonyl (C=O) groups excluding carboxylic acids is 1. The number of morpholine rings is 1. The summed E-state index contributed by atoms with van der Waals surface area (Å²) in [5.74, 6) is -0.0837. The van der Waals surface area contributed by atoms with Crippen molar-refractivity contribution in [3.05, 3.63) is 65.5 Å². The number of carbonyl (C=O) groups is 1. The van der Waals surface area contributed by atoms with Crippen molar-refractivity contribution in [3.63, 3.8) is 0 Å². The molecular formula is C20H23FN2O3. The van der Waals surface area contributed by atoms with Gasteiger partial charge in [0.15, 0.2) is 6.61 Å². The van der Waals surface area contributed by atoms with Gasteiger partial charge in [0, 0.05) is 26.2 Å². The second-order valence-corrected chi connectivity index (χ2v) is 6.22. The fourth-order valence-electron chi connectivity index (χ4n) is 2.71. The summed E-state index contributed by atoms with van der Waals surface area (Å²) in [6.45, 7) is 4.79. The standard InChI is InChI=1S/C20H23FN2O3/c21-18-5-7-19(8-6-18)26-15-20(24)22-13-16-1-3-17(4-2-16)14-23-9-11-25-12-10-23/h1-8H,9-15H2,(H,22,24). The van der Waals surface area contributed by atoms with Crippen LogP contribution in [-0.2, 0) is 22.6 Å². The Hall–Kier alpha value is -2.44. The molecule has 0 atom stereocenters. The molecule has 5 nitrogen and oxygen atoms in total. The van der Waals surface area contributed by atoms with Crippen LogP contribution in [0.1, 0.15) is 11.1 Å². The average Bonchev–Trinajstić information content (AvgIpc) is 2.68. The van der Waals surface area contributed by atoms with Gasteiger partial charge in [0.25, 0.3) is 5.91 Å². The van der Waals surface area contributed by atoms with Crippen LogP contribution in [0.5, 0.6) is 5.75 Å². The first-order valence-electron chi connectivity index (χ1n) is 8.72. The first-order valence-corrected chi connectivity index (χ1v) is 8.72. The summed E-state index contributed by atoms with van der Waals surface area (Å²) in [7, 11) is 0. The van der Waals surface area contributed by atoms with E-state index in [0.717, 1.165) is 38.4 Å². The maximum Gasteiger partial charge on any atom is 0.258 e. The van der Waals surface area contributed by atoms with E-state index < -0.39 is 0 Å². The zero-order valence-corrected chi connectivity index (χ0v) is 14.6. The molecule has 26 heavy (non-hydrogen) atoms. The van der Waals surface area contributed by atoms with E-state index >= 15 is 0 Å². The van der Waals surface area contributed by atoms with Crippen molar-refractivity contribution in [2.24, 2.45) is 0 Å². The number of ether oxygens (including phenoxy) is 2. The molecule has 0 aromatic heterocycles. The molecule has 1 fully saturated rings. The summed E-state index contributed by atoms with van der Waals surface area (Å²) in [5.41, 5.74) is 2.28. The van der Waals surface area contributed by atoms with Crippen LogP contribution in [0.4, 0.5) is 4.39 Å². The number of rotatable bonds is 7. The van der Waals surface area contributed by atoms with Gasteiger partial charge in [-0.05, 0) is 35.4 Å². The fraction of sp³-hybridized carbons (Fsp3) is 0.350. The van der Waals surface area contributed by atoms with Gasteiger partial charge in [0.1, 0.15) is 11.6 Å². The number of nitrogens with one attached hydrogen (secondary N) is 1. The van der Waals surface area contributed by atoms with Gasteiger partial charge in [0.05, 0.1) is 13.2 Å². The topological polar surface area (TPSA) is 50.8 Å². The van der Waals surface area contributed by atoms with Crippen LogP contribution in [0.2, 0.25) is 0 Å². The summed E-state index contributed by atoms with van der Waals surface area (Å²) in [6.07, 6.45) is 0. The minimum Gasteiger partial charge on any atom is -0.484 e. The number of hydrogen-bond acceptors (Lipinski definition) is 4. The van der Waals surface area contributed by atoms with Gasteiger partial charge in [-0.2, -0.15) is 0 Å². The van der Waals surface area contributed by atoms with Crippen molar-refractivity contribution >= 4 is 5.91 Å². The highest BCUT2D eigenvalue weighted by Crippen LogP contribution is 2.11. The summed E-state index contributed by atoms with van der Waals surface area (Å²) in [4.78, 5) is 14.2. The first kappa shape index (κ1) is 18.4. The van der Waals surface area contributed by atoms with Crippen LogP contribution < -0.4 is 10.1 Å². The molecule has 0 spiro atoms. The lowest BCUT2D eigenvalue weighted by molar-refractivity contribution is -0.123. The largest absolute Gasteiger partial charge is 0.484 e. The minimum absolute atomic E-state index is 0.0965. The van der Waals surface area contributed by atoms with Crippen molar-refractivity contribution in [3.8, 4) is 5.75 Å². The third-order valence-electron chi connectivity index (χ3n) is 4.21. The molecule has 138 valence electrons. The quantitative estimate of drug-likeness (QED) is 0.826. The highest BCUT2D eigenvalue weighted by molar-refractivity contribution is 5.77. The highest BCUT2D eigenvalue weighted by Gasteiger charge is 2.10. The second-order valence-electron chi connectivity index (χ2n) is 6.22. The van der Waals surface area contributed by atoms with Gasteiger partial charge in [-0.25, -0.2) is 4.39 Å². The lowest BCUT2D eigenvalue weighted by Gasteiger charge is -2.26. The molecule has 0 aliphatic carbocycles. The maximum absolute atomic E-state index is 12.8. The predicted octanol–water partition coefficient (Wildman–Crippen LogP) is 2.35. The third kappa shape index (κ3) is 5.82. The average molecular weight is 358 g/mol. The number of nitrogens with zero attached hydrogens (tertiary/aromatic N) is 1. The molecule has 2 aromatic carbocycles. The summed E-state index contributed by atoms with van der Waals surface area (Å²) in [6, 6.07) is 13.8. The van der Waals surface area contributed by atoms with E-state index in [-0.39, 0.29) is 18.3 Å². The zero-order chi connectivity index (χ0) is 18.2. The summed E-state index contributed by atoms with van der Waals surface area (Å²) >= 11 is 0. The van der Waals surface area contributed by atoms with Crippen molar-refractivity contribution < 1.29 is 18.7 Å². The molecule has 3 rings (SSSR count). The van der Waals surface area contributed by atoms with Gasteiger partial charge in [-0.3, -0.25) is 9.69 Å². The Morgan fingerprint density at radius 1 is 1.04 bits per heavy atom. The molecule has 1 N–H and O–H groups in total. The van der Waals surface area contributed by atoms with Crippen LogP contribution in [0.15, 0.2) is 48.5 Å². The predicted molar refractivity (Wildman–Crippen MR) is 96.3 cm³/mol. The van der Waals surface area contributed by atoms with Crippen LogP contribution in [0, 0.1) is 5.82 Å². The van der Waals surface area contributed by atoms with Crippen molar-refractivity contribution in [1.29, 1.82) is 0 Å². The normalized spacial score (nSPS) is 14.8. The van der Waals surface area contributed by atoms with Crippen LogP contribution in [-0.4, -0.2) is 43.7 Å². The van der Waals surface area contributed by atoms with E-state index in [0.29, 0.717) is 12.3 Å². The lowest BCUT2D eigenvalue weighted by Crippen LogP contribution is -2.35. The molecule has 0 saturated carbocycles. The van der Waals surface area contributed by atoms with E-state index in [9.17, 15) is 9.18 Å². The molecule has 0 radical (unpaired) electrons. The molecule has 1 amide bonds. The fourth-order valence-corrected chi connectivity index (χ4v) is 2.71. The van der Waals surface area contributed by atoms with Gasteiger partial charge in [-0.15, -0.1) is 0 Å². The Balaban J connectivity index is 1.39. The smallest absolute Gasteiger partial charge is 0.258 e. The van der Waals surface area contributed by atoms with E-state index in [1.165, 1.54) is 29.8 Å². The van der Waals surface area contributed by atoms with Gasteiger partial charge < -0.3 is 14.8 Å². The molecular weight excluding hydrogens is 335 g/mol. The van der Waals surface area contributed by atoms with Crippen molar-refractivity contribution in [2.75, 3.05) is 32.9 Å². The molecule has 6 heteroatoms. The molecule has 0 bridgehead atoms. The Labute approximate surface area is 152 Å². The van der Waals surface area contributed by atoms with Crippen molar-refractivity contribution in [2.45, 2.75) is 13.1 Å². The number of hydrogen-bond donors (Lipinski definition) is 1. The van der Waals surface area contributed by atoms with Crippen LogP contribution in [0.3, 0.4) is 0 Å². The third-order valence-corrected chi connectivity index (χ3v) is 4.21. The second kappa shape index (κ2) is 9.31. The molecule has 1 aliphatic rings. The zero-order valence-electron chi connectivity index (χ0n) is 14.6. The van der Waals surface area contributed by atoms with Gasteiger partial charge >= 0.3 is 0 Å². The van der Waals surface area contributed by atoms with Gasteiger partial charge in [-0.1, -0.05) is 24.3 Å². The molecule has 0 unspecified atom stereocenters. The van der Waals surface area contributed by atoms with Crippen LogP contribution in [0.25, 0.3) is 0 Å². The maximum atomic E-state index is 12.8. The Morgan fingerprint density at radius 2 is 1.69 bits per heavy atom. The monoisotopic (exact) mass is 358 g/mol. The summed E-state index contributed by atoms with van der Waals surface area (Å²) < 4.78 is 23.5. The van der Waals surface area contributed by atoms with E-state index in [4.69, 9.17) is 9.47 Å². The lowest BCUT2D eigenvalue weighted by atomic mass is 10.1. The Bertz CT molecular complexity index is 698. The SMILES string of the molecule is O=C(COc1ccc(F)cc1)NCc1ccc(CN2CCOCC2)cc1. The number of benzene rings is 2. The van der Waals surface area contributed by atoms with Crippen LogP contribution >= 0.6 is 0 Å². The molecule has 2 aromatic rings. The first-order chi connectivity index (χ1) is 12.7. The Morgan fingerprint density at radius 3 is 2.38 bits per heavy atom. The minimum atomic E-state index is -0.334. The highest BCUT2D eigenvalue weighted by atomic mass is 19.1. The van der Waals surface area contributed by atoms with E-state index in [1.54, 1.807) is 0 Å². The van der Waals surface area contributed by atoms with Gasteiger partial charge in [0.2, 0.25) is 0 Å². The van der Waals surface area contributed by atoms with E-state index in [2.05, 4.69) is 22.3 Å². The summed E-state index contributed by atoms with van der Waals surface area (Å²) in [5, 5.41) is 2.82. The molecule has 1 heterocycles. The molecule has 1 aliphatic heterocycles. The van der Waals surface area contributed by atoms with E-state index in [1.807, 2.05) is 12.1 Å².